The van der Waals surface area contributed by atoms with E-state index in [0.717, 1.165) is 0 Å². The molecule has 0 saturated heterocycles. The number of rotatable bonds is 6. The molecule has 0 spiro atoms. The Balaban J connectivity index is 1.76. The molecule has 0 aliphatic rings. The van der Waals surface area contributed by atoms with Crippen LogP contribution in [0.4, 0.5) is 11.4 Å². The quantitative estimate of drug-likeness (QED) is 0.381. The molecule has 0 unspecified atom stereocenters. The van der Waals surface area contributed by atoms with Gasteiger partial charge in [0.25, 0.3) is 11.6 Å². The van der Waals surface area contributed by atoms with Gasteiger partial charge in [0.05, 0.1) is 4.92 Å². The zero-order chi connectivity index (χ0) is 21.0. The molecule has 0 radical (unpaired) electrons. The average molecular weight is 396 g/mol. The Bertz CT molecular complexity index is 1060. The molecule has 10 nitrogen and oxygen atoms in total. The first-order chi connectivity index (χ1) is 13.9. The van der Waals surface area contributed by atoms with Gasteiger partial charge >= 0.3 is 5.97 Å². The summed E-state index contributed by atoms with van der Waals surface area (Å²) in [6.45, 7) is 2.91. The molecule has 1 amide bonds. The predicted octanol–water partition coefficient (Wildman–Crippen LogP) is 3.14. The minimum atomic E-state index is -1.22. The van der Waals surface area contributed by atoms with E-state index in [0.29, 0.717) is 5.56 Å². The number of pyridine rings is 1. The van der Waals surface area contributed by atoms with Crippen molar-refractivity contribution < 1.29 is 23.8 Å². The van der Waals surface area contributed by atoms with Crippen LogP contribution < -0.4 is 5.32 Å². The van der Waals surface area contributed by atoms with Gasteiger partial charge in [-0.15, -0.1) is 0 Å². The van der Waals surface area contributed by atoms with Crippen LogP contribution in [-0.4, -0.2) is 33.0 Å². The normalized spacial score (nSPS) is 11.5. The summed E-state index contributed by atoms with van der Waals surface area (Å²) in [5.74, 6) is -1.29. The first-order valence-corrected chi connectivity index (χ1v) is 8.50. The molecule has 1 atom stereocenters. The summed E-state index contributed by atoms with van der Waals surface area (Å²) in [4.78, 5) is 39.4. The van der Waals surface area contributed by atoms with Gasteiger partial charge in [-0.1, -0.05) is 17.3 Å². The lowest BCUT2D eigenvalue weighted by molar-refractivity contribution is -0.383. The maximum Gasteiger partial charge on any atom is 0.344 e. The Hall–Kier alpha value is -4.08. The fourth-order valence-electron chi connectivity index (χ4n) is 2.57. The highest BCUT2D eigenvalue weighted by molar-refractivity contribution is 6.01. The summed E-state index contributed by atoms with van der Waals surface area (Å²) in [5.41, 5.74) is 0.682. The lowest BCUT2D eigenvalue weighted by Gasteiger charge is -2.13. The van der Waals surface area contributed by atoms with Crippen molar-refractivity contribution in [2.75, 3.05) is 5.32 Å². The minimum Gasteiger partial charge on any atom is -0.449 e. The van der Waals surface area contributed by atoms with Crippen molar-refractivity contribution in [3.8, 4) is 11.3 Å². The van der Waals surface area contributed by atoms with Crippen LogP contribution in [0.5, 0.6) is 0 Å². The van der Waals surface area contributed by atoms with Crippen molar-refractivity contribution in [3.63, 3.8) is 0 Å². The van der Waals surface area contributed by atoms with Crippen molar-refractivity contribution in [1.29, 1.82) is 0 Å². The fourth-order valence-corrected chi connectivity index (χ4v) is 2.57. The Morgan fingerprint density at radius 1 is 1.21 bits per heavy atom. The van der Waals surface area contributed by atoms with Crippen LogP contribution in [0.15, 0.2) is 53.3 Å². The second-order valence-electron chi connectivity index (χ2n) is 6.01. The smallest absolute Gasteiger partial charge is 0.344 e. The maximum atomic E-state index is 12.6. The van der Waals surface area contributed by atoms with Gasteiger partial charge in [0.1, 0.15) is 22.7 Å². The van der Waals surface area contributed by atoms with Crippen molar-refractivity contribution in [2.45, 2.75) is 20.0 Å². The minimum absolute atomic E-state index is 0.00373. The second-order valence-corrected chi connectivity index (χ2v) is 6.01. The van der Waals surface area contributed by atoms with Crippen molar-refractivity contribution >= 4 is 23.3 Å². The SMILES string of the molecule is Cc1onc(-c2ccncc2)c1C(=O)O[C@H](C)C(=O)Nc1ccccc1[N+](=O)[O-]. The number of aryl methyl sites for hydroxylation is 1. The first-order valence-electron chi connectivity index (χ1n) is 8.50. The number of aromatic nitrogens is 2. The van der Waals surface area contributed by atoms with Gasteiger partial charge in [-0.3, -0.25) is 19.9 Å². The van der Waals surface area contributed by atoms with Crippen LogP contribution in [-0.2, 0) is 9.53 Å². The van der Waals surface area contributed by atoms with E-state index in [1.54, 1.807) is 25.1 Å². The molecule has 1 aromatic carbocycles. The van der Waals surface area contributed by atoms with Gasteiger partial charge in [-0.2, -0.15) is 0 Å². The summed E-state index contributed by atoms with van der Waals surface area (Å²) in [6, 6.07) is 8.97. The highest BCUT2D eigenvalue weighted by Gasteiger charge is 2.27. The van der Waals surface area contributed by atoms with Gasteiger partial charge in [-0.25, -0.2) is 4.79 Å². The Kier molecular flexibility index (Phi) is 5.63. The van der Waals surface area contributed by atoms with E-state index < -0.39 is 22.9 Å². The summed E-state index contributed by atoms with van der Waals surface area (Å²) >= 11 is 0. The monoisotopic (exact) mass is 396 g/mol. The van der Waals surface area contributed by atoms with E-state index in [4.69, 9.17) is 9.26 Å². The standard InChI is InChI=1S/C19H16N4O6/c1-11-16(17(22-29-11)13-7-9-20-10-8-13)19(25)28-12(2)18(24)21-14-5-3-4-6-15(14)23(26)27/h3-10,12H,1-2H3,(H,21,24)/t12-/m1/s1. The number of amides is 1. The largest absolute Gasteiger partial charge is 0.449 e. The van der Waals surface area contributed by atoms with Crippen molar-refractivity contribution in [1.82, 2.24) is 10.1 Å². The Morgan fingerprint density at radius 2 is 1.90 bits per heavy atom. The van der Waals surface area contributed by atoms with Gasteiger partial charge in [0, 0.05) is 24.0 Å². The molecule has 0 saturated carbocycles. The fraction of sp³-hybridized carbons (Fsp3) is 0.158. The number of hydrogen-bond donors (Lipinski definition) is 1. The van der Waals surface area contributed by atoms with Crippen LogP contribution in [0, 0.1) is 17.0 Å². The molecule has 3 rings (SSSR count). The van der Waals surface area contributed by atoms with Crippen LogP contribution in [0.2, 0.25) is 0 Å². The topological polar surface area (TPSA) is 137 Å². The number of carbonyl (C=O) groups is 2. The zero-order valence-corrected chi connectivity index (χ0v) is 15.5. The van der Waals surface area contributed by atoms with E-state index in [1.165, 1.54) is 37.5 Å². The lowest BCUT2D eigenvalue weighted by Crippen LogP contribution is -2.30. The average Bonchev–Trinajstić information content (AvgIpc) is 3.10. The number of ether oxygens (including phenoxy) is 1. The molecule has 148 valence electrons. The molecule has 0 bridgehead atoms. The third-order valence-electron chi connectivity index (χ3n) is 4.03. The summed E-state index contributed by atoms with van der Waals surface area (Å²) in [7, 11) is 0. The molecule has 1 N–H and O–H groups in total. The molecule has 0 aliphatic carbocycles. The highest BCUT2D eigenvalue weighted by Crippen LogP contribution is 2.26. The number of hydrogen-bond acceptors (Lipinski definition) is 8. The molecule has 0 fully saturated rings. The van der Waals surface area contributed by atoms with E-state index in [9.17, 15) is 19.7 Å². The van der Waals surface area contributed by atoms with Gasteiger partial charge in [0.15, 0.2) is 6.10 Å². The van der Waals surface area contributed by atoms with E-state index >= 15 is 0 Å². The van der Waals surface area contributed by atoms with E-state index in [1.807, 2.05) is 0 Å². The van der Waals surface area contributed by atoms with Crippen molar-refractivity contribution in [3.05, 3.63) is 70.2 Å². The Labute approximate surface area is 164 Å². The van der Waals surface area contributed by atoms with Gasteiger partial charge in [0.2, 0.25) is 0 Å². The molecule has 10 heteroatoms. The van der Waals surface area contributed by atoms with Crippen LogP contribution in [0.25, 0.3) is 11.3 Å². The van der Waals surface area contributed by atoms with Gasteiger partial charge in [-0.05, 0) is 32.0 Å². The number of nitrogens with zero attached hydrogens (tertiary/aromatic N) is 3. The van der Waals surface area contributed by atoms with Crippen molar-refractivity contribution in [2.24, 2.45) is 0 Å². The van der Waals surface area contributed by atoms with E-state index in [2.05, 4.69) is 15.5 Å². The predicted molar refractivity (Wildman–Crippen MR) is 101 cm³/mol. The third kappa shape index (κ3) is 4.26. The molecular formula is C19H16N4O6. The van der Waals surface area contributed by atoms with Gasteiger partial charge < -0.3 is 14.6 Å². The van der Waals surface area contributed by atoms with Crippen LogP contribution in [0.3, 0.4) is 0 Å². The number of nitrogens with one attached hydrogen (secondary N) is 1. The molecule has 2 aromatic heterocycles. The highest BCUT2D eigenvalue weighted by atomic mass is 16.6. The summed E-state index contributed by atoms with van der Waals surface area (Å²) < 4.78 is 10.3. The molecule has 0 aliphatic heterocycles. The third-order valence-corrected chi connectivity index (χ3v) is 4.03. The van der Waals surface area contributed by atoms with E-state index in [-0.39, 0.29) is 28.4 Å². The number of para-hydroxylation sites is 2. The lowest BCUT2D eigenvalue weighted by atomic mass is 10.1. The number of nitro benzene ring substituents is 1. The Morgan fingerprint density at radius 3 is 2.59 bits per heavy atom. The maximum absolute atomic E-state index is 12.6. The number of benzene rings is 1. The summed E-state index contributed by atoms with van der Waals surface area (Å²) in [6.07, 6.45) is 1.86. The molecule has 29 heavy (non-hydrogen) atoms. The molecular weight excluding hydrogens is 380 g/mol. The number of esters is 1. The second kappa shape index (κ2) is 8.30. The number of nitro groups is 1. The van der Waals surface area contributed by atoms with Crippen LogP contribution >= 0.6 is 0 Å². The molecule has 3 aromatic rings. The summed E-state index contributed by atoms with van der Waals surface area (Å²) in [5, 5.41) is 17.3. The zero-order valence-electron chi connectivity index (χ0n) is 15.5. The first kappa shape index (κ1) is 19.7. The molecule has 2 heterocycles. The van der Waals surface area contributed by atoms with Crippen LogP contribution in [0.1, 0.15) is 23.0 Å². The number of carbonyl (C=O) groups excluding carboxylic acids is 2. The number of anilines is 1.